The van der Waals surface area contributed by atoms with Gasteiger partial charge >= 0.3 is 0 Å². The van der Waals surface area contributed by atoms with Gasteiger partial charge < -0.3 is 10.6 Å². The van der Waals surface area contributed by atoms with Crippen LogP contribution in [0.4, 0.5) is 5.82 Å². The summed E-state index contributed by atoms with van der Waals surface area (Å²) in [6.07, 6.45) is 5.53. The van der Waals surface area contributed by atoms with Crippen LogP contribution in [-0.4, -0.2) is 28.8 Å². The largest absolute Gasteiger partial charge is 0.356 e. The van der Waals surface area contributed by atoms with Crippen molar-refractivity contribution >= 4 is 11.6 Å². The second-order valence-electron chi connectivity index (χ2n) is 7.22. The maximum Gasteiger partial charge on any atom is 0.185 e. The molecule has 0 amide bonds. The molecule has 1 aromatic carbocycles. The normalized spacial score (nSPS) is 13.7. The lowest BCUT2D eigenvalue weighted by Crippen LogP contribution is -2.27. The maximum atomic E-state index is 12.8. The van der Waals surface area contributed by atoms with Crippen molar-refractivity contribution in [3.8, 4) is 0 Å². The predicted molar refractivity (Wildman–Crippen MR) is 104 cm³/mol. The molecule has 5 heteroatoms. The van der Waals surface area contributed by atoms with Gasteiger partial charge in [-0.25, -0.2) is 9.97 Å². The Kier molecular flexibility index (Phi) is 5.99. The first-order valence-corrected chi connectivity index (χ1v) is 9.49. The first kappa shape index (κ1) is 18.5. The number of aromatic nitrogens is 2. The molecule has 5 nitrogen and oxygen atoms in total. The molecule has 0 saturated heterocycles. The van der Waals surface area contributed by atoms with E-state index in [2.05, 4.69) is 21.8 Å². The summed E-state index contributed by atoms with van der Waals surface area (Å²) in [5.74, 6) is 1.67. The van der Waals surface area contributed by atoms with Crippen LogP contribution < -0.4 is 10.6 Å². The minimum atomic E-state index is 0.0279. The Bertz CT molecular complexity index is 770. The van der Waals surface area contributed by atoms with Gasteiger partial charge in [-0.3, -0.25) is 4.79 Å². The summed E-state index contributed by atoms with van der Waals surface area (Å²) < 4.78 is 0. The van der Waals surface area contributed by atoms with Crippen LogP contribution in [-0.2, 0) is 13.0 Å². The van der Waals surface area contributed by atoms with Gasteiger partial charge in [-0.05, 0) is 48.8 Å². The third kappa shape index (κ3) is 4.67. The molecular formula is C21H28N4O. The predicted octanol–water partition coefficient (Wildman–Crippen LogP) is 3.30. The van der Waals surface area contributed by atoms with Crippen LogP contribution in [0.5, 0.6) is 0 Å². The van der Waals surface area contributed by atoms with Crippen LogP contribution in [0.25, 0.3) is 0 Å². The fraction of sp³-hybridized carbons (Fsp3) is 0.476. The lowest BCUT2D eigenvalue weighted by Gasteiger charge is -2.23. The first-order chi connectivity index (χ1) is 12.6. The molecule has 1 aromatic heterocycles. The molecule has 1 aliphatic carbocycles. The summed E-state index contributed by atoms with van der Waals surface area (Å²) in [5.41, 5.74) is 9.38. The second-order valence-corrected chi connectivity index (χ2v) is 7.22. The number of anilines is 1. The van der Waals surface area contributed by atoms with E-state index in [1.165, 1.54) is 19.2 Å². The van der Waals surface area contributed by atoms with Gasteiger partial charge in [0.1, 0.15) is 17.8 Å². The number of ketones is 1. The number of carbonyl (C=O) groups excluding carboxylic acids is 1. The lowest BCUT2D eigenvalue weighted by atomic mass is 9.99. The number of hydrogen-bond donors (Lipinski definition) is 1. The van der Waals surface area contributed by atoms with E-state index in [-0.39, 0.29) is 5.78 Å². The van der Waals surface area contributed by atoms with Gasteiger partial charge in [0.25, 0.3) is 0 Å². The molecular weight excluding hydrogens is 324 g/mol. The van der Waals surface area contributed by atoms with Gasteiger partial charge in [-0.1, -0.05) is 25.1 Å². The van der Waals surface area contributed by atoms with Crippen LogP contribution >= 0.6 is 0 Å². The van der Waals surface area contributed by atoms with Crippen LogP contribution in [0.2, 0.25) is 0 Å². The molecule has 2 N–H and O–H groups in total. The van der Waals surface area contributed by atoms with E-state index < -0.39 is 0 Å². The minimum Gasteiger partial charge on any atom is -0.356 e. The van der Waals surface area contributed by atoms with E-state index in [1.54, 1.807) is 0 Å². The quantitative estimate of drug-likeness (QED) is 0.701. The number of nitrogens with two attached hydrogens (primary N) is 1. The summed E-state index contributed by atoms with van der Waals surface area (Å²) >= 11 is 0. The third-order valence-corrected chi connectivity index (χ3v) is 4.93. The molecule has 3 rings (SSSR count). The minimum absolute atomic E-state index is 0.0279. The van der Waals surface area contributed by atoms with Gasteiger partial charge in [-0.15, -0.1) is 0 Å². The van der Waals surface area contributed by atoms with E-state index >= 15 is 0 Å². The van der Waals surface area contributed by atoms with Crippen molar-refractivity contribution in [2.24, 2.45) is 11.7 Å². The highest BCUT2D eigenvalue weighted by Crippen LogP contribution is 2.31. The number of aryl methyl sites for hydroxylation is 1. The van der Waals surface area contributed by atoms with Crippen molar-refractivity contribution in [1.29, 1.82) is 0 Å². The van der Waals surface area contributed by atoms with Gasteiger partial charge in [0.05, 0.1) is 0 Å². The summed E-state index contributed by atoms with van der Waals surface area (Å²) in [6, 6.07) is 7.88. The number of carbonyl (C=O) groups is 1. The highest BCUT2D eigenvalue weighted by atomic mass is 16.1. The van der Waals surface area contributed by atoms with E-state index in [0.717, 1.165) is 47.9 Å². The molecule has 1 fully saturated rings. The summed E-state index contributed by atoms with van der Waals surface area (Å²) in [4.78, 5) is 23.7. The van der Waals surface area contributed by atoms with Gasteiger partial charge in [-0.2, -0.15) is 0 Å². The van der Waals surface area contributed by atoms with Crippen LogP contribution in [0.3, 0.4) is 0 Å². The molecule has 0 bridgehead atoms. The molecule has 0 aliphatic heterocycles. The highest BCUT2D eigenvalue weighted by Gasteiger charge is 2.25. The SMILES string of the molecule is CCCN(CC1CC1)c1cc(C(=O)Cc2ccc(CN)cc2C)ncn1. The molecule has 0 radical (unpaired) electrons. The fourth-order valence-corrected chi connectivity index (χ4v) is 3.20. The zero-order valence-electron chi connectivity index (χ0n) is 15.7. The average Bonchev–Trinajstić information content (AvgIpc) is 3.47. The Morgan fingerprint density at radius 2 is 2.08 bits per heavy atom. The Morgan fingerprint density at radius 3 is 2.73 bits per heavy atom. The molecule has 138 valence electrons. The van der Waals surface area contributed by atoms with Crippen LogP contribution in [0, 0.1) is 12.8 Å². The Hall–Kier alpha value is -2.27. The van der Waals surface area contributed by atoms with Gasteiger partial charge in [0, 0.05) is 32.1 Å². The van der Waals surface area contributed by atoms with Crippen molar-refractivity contribution in [1.82, 2.24) is 9.97 Å². The molecule has 0 spiro atoms. The van der Waals surface area contributed by atoms with Gasteiger partial charge in [0.15, 0.2) is 5.78 Å². The zero-order valence-corrected chi connectivity index (χ0v) is 15.7. The maximum absolute atomic E-state index is 12.8. The standard InChI is InChI=1S/C21H28N4O/c1-3-8-25(13-16-4-5-16)21-11-19(23-14-24-21)20(26)10-18-7-6-17(12-22)9-15(18)2/h6-7,9,11,14,16H,3-5,8,10,12-13,22H2,1-2H3. The zero-order chi connectivity index (χ0) is 18.5. The highest BCUT2D eigenvalue weighted by molar-refractivity contribution is 5.96. The molecule has 1 aliphatic rings. The Balaban J connectivity index is 1.75. The van der Waals surface area contributed by atoms with Gasteiger partial charge in [0.2, 0.25) is 0 Å². The summed E-state index contributed by atoms with van der Waals surface area (Å²) in [6.45, 7) is 6.68. The second kappa shape index (κ2) is 8.41. The summed E-state index contributed by atoms with van der Waals surface area (Å²) in [5, 5.41) is 0. The monoisotopic (exact) mass is 352 g/mol. The first-order valence-electron chi connectivity index (χ1n) is 9.49. The van der Waals surface area contributed by atoms with E-state index in [4.69, 9.17) is 5.73 Å². The Labute approximate surface area is 155 Å². The van der Waals surface area contributed by atoms with Crippen molar-refractivity contribution in [2.75, 3.05) is 18.0 Å². The van der Waals surface area contributed by atoms with Crippen molar-refractivity contribution in [3.63, 3.8) is 0 Å². The number of Topliss-reactive ketones (excluding diaryl/α,β-unsaturated/α-hetero) is 1. The number of hydrogen-bond acceptors (Lipinski definition) is 5. The molecule has 0 unspecified atom stereocenters. The number of nitrogens with zero attached hydrogens (tertiary/aromatic N) is 3. The molecule has 1 saturated carbocycles. The number of rotatable bonds is 9. The smallest absolute Gasteiger partial charge is 0.185 e. The van der Waals surface area contributed by atoms with E-state index in [0.29, 0.717) is 18.7 Å². The van der Waals surface area contributed by atoms with Crippen molar-refractivity contribution in [2.45, 2.75) is 46.1 Å². The van der Waals surface area contributed by atoms with Crippen LogP contribution in [0.1, 0.15) is 53.4 Å². The molecule has 2 aromatic rings. The molecule has 0 atom stereocenters. The summed E-state index contributed by atoms with van der Waals surface area (Å²) in [7, 11) is 0. The molecule has 26 heavy (non-hydrogen) atoms. The fourth-order valence-electron chi connectivity index (χ4n) is 3.20. The number of benzene rings is 1. The lowest BCUT2D eigenvalue weighted by molar-refractivity contribution is 0.0988. The van der Waals surface area contributed by atoms with E-state index in [1.807, 2.05) is 31.2 Å². The van der Waals surface area contributed by atoms with E-state index in [9.17, 15) is 4.79 Å². The topological polar surface area (TPSA) is 72.1 Å². The van der Waals surface area contributed by atoms with Crippen molar-refractivity contribution < 1.29 is 4.79 Å². The molecule has 1 heterocycles. The third-order valence-electron chi connectivity index (χ3n) is 4.93. The van der Waals surface area contributed by atoms with Crippen LogP contribution in [0.15, 0.2) is 30.6 Å². The Morgan fingerprint density at radius 1 is 1.27 bits per heavy atom. The van der Waals surface area contributed by atoms with Crippen molar-refractivity contribution in [3.05, 3.63) is 53.0 Å². The average molecular weight is 352 g/mol.